The largest absolute Gasteiger partial charge is 0.389 e. The molecule has 2 atom stereocenters. The maximum absolute atomic E-state index is 9.83. The number of halogens is 1. The quantitative estimate of drug-likeness (QED) is 0.895. The zero-order valence-corrected chi connectivity index (χ0v) is 12.2. The van der Waals surface area contributed by atoms with Crippen LogP contribution in [0.4, 0.5) is 5.69 Å². The van der Waals surface area contributed by atoms with E-state index in [0.29, 0.717) is 6.04 Å². The Labute approximate surface area is 124 Å². The molecule has 0 aromatic heterocycles. The highest BCUT2D eigenvalue weighted by molar-refractivity contribution is 6.30. The molecule has 0 saturated heterocycles. The standard InChI is InChI=1S/C17H18ClNO/c1-11(20)16-4-2-3-5-17(16)19-15-9-12-6-7-14(18)8-13(12)10-15/h2-8,11,15,19-20H,9-10H2,1H3. The Morgan fingerprint density at radius 3 is 2.70 bits per heavy atom. The number of rotatable bonds is 3. The van der Waals surface area contributed by atoms with Crippen LogP contribution in [0.2, 0.25) is 5.02 Å². The summed E-state index contributed by atoms with van der Waals surface area (Å²) in [5.41, 5.74) is 4.65. The van der Waals surface area contributed by atoms with Gasteiger partial charge < -0.3 is 10.4 Å². The summed E-state index contributed by atoms with van der Waals surface area (Å²) >= 11 is 6.04. The zero-order valence-electron chi connectivity index (χ0n) is 11.4. The topological polar surface area (TPSA) is 32.3 Å². The van der Waals surface area contributed by atoms with Gasteiger partial charge in [0.1, 0.15) is 0 Å². The van der Waals surface area contributed by atoms with Crippen molar-refractivity contribution in [2.75, 3.05) is 5.32 Å². The molecule has 0 amide bonds. The SMILES string of the molecule is CC(O)c1ccccc1NC1Cc2ccc(Cl)cc2C1. The van der Waals surface area contributed by atoms with Crippen molar-refractivity contribution < 1.29 is 5.11 Å². The average Bonchev–Trinajstić information content (AvgIpc) is 2.80. The monoisotopic (exact) mass is 287 g/mol. The first-order valence-corrected chi connectivity index (χ1v) is 7.32. The van der Waals surface area contributed by atoms with Crippen molar-refractivity contribution in [1.29, 1.82) is 0 Å². The zero-order chi connectivity index (χ0) is 14.1. The fourth-order valence-corrected chi connectivity index (χ4v) is 3.10. The smallest absolute Gasteiger partial charge is 0.0781 e. The molecule has 0 saturated carbocycles. The minimum atomic E-state index is -0.461. The predicted octanol–water partition coefficient (Wildman–Crippen LogP) is 3.97. The third-order valence-corrected chi connectivity index (χ3v) is 4.11. The van der Waals surface area contributed by atoms with Gasteiger partial charge in [-0.2, -0.15) is 0 Å². The number of fused-ring (bicyclic) bond motifs is 1. The molecule has 3 heteroatoms. The van der Waals surface area contributed by atoms with Crippen molar-refractivity contribution in [3.63, 3.8) is 0 Å². The summed E-state index contributed by atoms with van der Waals surface area (Å²) in [7, 11) is 0. The fourth-order valence-electron chi connectivity index (χ4n) is 2.90. The van der Waals surface area contributed by atoms with E-state index in [0.717, 1.165) is 29.1 Å². The number of anilines is 1. The third-order valence-electron chi connectivity index (χ3n) is 3.87. The van der Waals surface area contributed by atoms with E-state index in [4.69, 9.17) is 11.6 Å². The summed E-state index contributed by atoms with van der Waals surface area (Å²) < 4.78 is 0. The van der Waals surface area contributed by atoms with Crippen LogP contribution in [-0.4, -0.2) is 11.1 Å². The summed E-state index contributed by atoms with van der Waals surface area (Å²) in [5, 5.41) is 14.2. The lowest BCUT2D eigenvalue weighted by molar-refractivity contribution is 0.200. The third kappa shape index (κ3) is 2.67. The first kappa shape index (κ1) is 13.5. The fraction of sp³-hybridized carbons (Fsp3) is 0.294. The van der Waals surface area contributed by atoms with Crippen LogP contribution in [0, 0.1) is 0 Å². The minimum absolute atomic E-state index is 0.364. The number of benzene rings is 2. The molecule has 0 radical (unpaired) electrons. The molecule has 0 spiro atoms. The van der Waals surface area contributed by atoms with Gasteiger partial charge in [0.2, 0.25) is 0 Å². The second kappa shape index (κ2) is 5.47. The molecule has 20 heavy (non-hydrogen) atoms. The molecule has 0 aliphatic heterocycles. The van der Waals surface area contributed by atoms with Crippen LogP contribution in [0.1, 0.15) is 29.7 Å². The normalized spacial score (nSPS) is 18.6. The van der Waals surface area contributed by atoms with Gasteiger partial charge in [-0.15, -0.1) is 0 Å². The van der Waals surface area contributed by atoms with Gasteiger partial charge in [-0.1, -0.05) is 35.9 Å². The number of hydrogen-bond acceptors (Lipinski definition) is 2. The van der Waals surface area contributed by atoms with Crippen molar-refractivity contribution in [2.45, 2.75) is 31.9 Å². The second-order valence-corrected chi connectivity index (χ2v) is 5.86. The summed E-state index contributed by atoms with van der Waals surface area (Å²) in [4.78, 5) is 0. The van der Waals surface area contributed by atoms with Crippen LogP contribution >= 0.6 is 11.6 Å². The lowest BCUT2D eigenvalue weighted by Crippen LogP contribution is -2.20. The Morgan fingerprint density at radius 2 is 1.90 bits per heavy atom. The summed E-state index contributed by atoms with van der Waals surface area (Å²) in [6, 6.07) is 14.4. The second-order valence-electron chi connectivity index (χ2n) is 5.43. The molecular formula is C17H18ClNO. The van der Waals surface area contributed by atoms with Gasteiger partial charge in [-0.25, -0.2) is 0 Å². The van der Waals surface area contributed by atoms with Crippen molar-refractivity contribution in [2.24, 2.45) is 0 Å². The molecule has 2 N–H and O–H groups in total. The minimum Gasteiger partial charge on any atom is -0.389 e. The highest BCUT2D eigenvalue weighted by atomic mass is 35.5. The van der Waals surface area contributed by atoms with Gasteiger partial charge in [0.05, 0.1) is 6.10 Å². The van der Waals surface area contributed by atoms with Gasteiger partial charge in [0, 0.05) is 22.3 Å². The maximum Gasteiger partial charge on any atom is 0.0781 e. The van der Waals surface area contributed by atoms with Gasteiger partial charge in [-0.05, 0) is 49.1 Å². The van der Waals surface area contributed by atoms with Crippen molar-refractivity contribution in [3.05, 3.63) is 64.2 Å². The molecule has 1 aliphatic carbocycles. The van der Waals surface area contributed by atoms with Gasteiger partial charge >= 0.3 is 0 Å². The van der Waals surface area contributed by atoms with Crippen LogP contribution in [0.15, 0.2) is 42.5 Å². The van der Waals surface area contributed by atoms with Crippen molar-refractivity contribution in [3.8, 4) is 0 Å². The summed E-state index contributed by atoms with van der Waals surface area (Å²) in [6.45, 7) is 1.80. The maximum atomic E-state index is 9.83. The molecule has 0 fully saturated rings. The molecule has 0 bridgehead atoms. The Balaban J connectivity index is 1.78. The van der Waals surface area contributed by atoms with Crippen molar-refractivity contribution >= 4 is 17.3 Å². The molecule has 0 heterocycles. The van der Waals surface area contributed by atoms with E-state index < -0.39 is 6.10 Å². The van der Waals surface area contributed by atoms with Gasteiger partial charge in [0.15, 0.2) is 0 Å². The van der Waals surface area contributed by atoms with Crippen LogP contribution < -0.4 is 5.32 Å². The first-order chi connectivity index (χ1) is 9.63. The number of nitrogens with one attached hydrogen (secondary N) is 1. The lowest BCUT2D eigenvalue weighted by Gasteiger charge is -2.18. The Hall–Kier alpha value is -1.51. The van der Waals surface area contributed by atoms with E-state index in [1.165, 1.54) is 11.1 Å². The highest BCUT2D eigenvalue weighted by Gasteiger charge is 2.22. The van der Waals surface area contributed by atoms with Crippen molar-refractivity contribution in [1.82, 2.24) is 0 Å². The van der Waals surface area contributed by atoms with E-state index in [2.05, 4.69) is 17.4 Å². The molecule has 2 unspecified atom stereocenters. The van der Waals surface area contributed by atoms with Gasteiger partial charge in [-0.3, -0.25) is 0 Å². The number of aliphatic hydroxyl groups excluding tert-OH is 1. The van der Waals surface area contributed by atoms with E-state index in [1.54, 1.807) is 6.92 Å². The number of para-hydroxylation sites is 1. The molecule has 2 nitrogen and oxygen atoms in total. The van der Waals surface area contributed by atoms with Crippen LogP contribution in [-0.2, 0) is 12.8 Å². The number of aliphatic hydroxyl groups is 1. The van der Waals surface area contributed by atoms with Crippen LogP contribution in [0.3, 0.4) is 0 Å². The molecule has 2 aromatic rings. The molecule has 2 aromatic carbocycles. The Bertz CT molecular complexity index is 624. The van der Waals surface area contributed by atoms with Crippen LogP contribution in [0.5, 0.6) is 0 Å². The van der Waals surface area contributed by atoms with E-state index in [-0.39, 0.29) is 0 Å². The molecule has 104 valence electrons. The molecule has 3 rings (SSSR count). The Morgan fingerprint density at radius 1 is 1.15 bits per heavy atom. The predicted molar refractivity (Wildman–Crippen MR) is 83.3 cm³/mol. The summed E-state index contributed by atoms with van der Waals surface area (Å²) in [5.74, 6) is 0. The average molecular weight is 288 g/mol. The molecular weight excluding hydrogens is 270 g/mol. The van der Waals surface area contributed by atoms with E-state index in [9.17, 15) is 5.11 Å². The summed E-state index contributed by atoms with van der Waals surface area (Å²) in [6.07, 6.45) is 1.52. The number of hydrogen-bond donors (Lipinski definition) is 2. The van der Waals surface area contributed by atoms with E-state index >= 15 is 0 Å². The highest BCUT2D eigenvalue weighted by Crippen LogP contribution is 2.29. The first-order valence-electron chi connectivity index (χ1n) is 6.94. The lowest BCUT2D eigenvalue weighted by atomic mass is 10.1. The van der Waals surface area contributed by atoms with Crippen LogP contribution in [0.25, 0.3) is 0 Å². The van der Waals surface area contributed by atoms with E-state index in [1.807, 2.05) is 30.3 Å². The van der Waals surface area contributed by atoms with Gasteiger partial charge in [0.25, 0.3) is 0 Å². The Kier molecular flexibility index (Phi) is 3.68. The molecule has 1 aliphatic rings.